The van der Waals surface area contributed by atoms with Crippen molar-refractivity contribution in [3.05, 3.63) is 146 Å². The molecule has 0 amide bonds. The van der Waals surface area contributed by atoms with Crippen molar-refractivity contribution in [2.75, 3.05) is 13.2 Å². The first kappa shape index (κ1) is 70.3. The van der Waals surface area contributed by atoms with Gasteiger partial charge in [0, 0.05) is 19.3 Å². The normalized spacial score (nSPS) is 13.2. The van der Waals surface area contributed by atoms with Crippen LogP contribution in [0.2, 0.25) is 0 Å². The van der Waals surface area contributed by atoms with Crippen molar-refractivity contribution in [1.29, 1.82) is 0 Å². The van der Waals surface area contributed by atoms with Crippen LogP contribution in [-0.2, 0) is 28.6 Å². The quantitative estimate of drug-likeness (QED) is 0.0261. The van der Waals surface area contributed by atoms with Crippen molar-refractivity contribution < 1.29 is 28.6 Å². The third kappa shape index (κ3) is 60.0. The van der Waals surface area contributed by atoms with Gasteiger partial charge in [0.05, 0.1) is 0 Å². The highest BCUT2D eigenvalue weighted by Crippen LogP contribution is 2.13. The number of carbonyl (C=O) groups is 3. The molecule has 0 bridgehead atoms. The van der Waals surface area contributed by atoms with Gasteiger partial charge in [0.25, 0.3) is 0 Å². The molecule has 0 fully saturated rings. The van der Waals surface area contributed by atoms with E-state index in [1.54, 1.807) is 0 Å². The topological polar surface area (TPSA) is 78.9 Å². The van der Waals surface area contributed by atoms with Gasteiger partial charge in [-0.25, -0.2) is 0 Å². The third-order valence-electron chi connectivity index (χ3n) is 12.3. The number of unbranched alkanes of at least 4 members (excludes halogenated alkanes) is 18. The van der Waals surface area contributed by atoms with E-state index >= 15 is 0 Å². The van der Waals surface area contributed by atoms with Crippen molar-refractivity contribution in [1.82, 2.24) is 0 Å². The van der Waals surface area contributed by atoms with Crippen LogP contribution in [-0.4, -0.2) is 37.2 Å². The smallest absolute Gasteiger partial charge is 0.306 e. The fourth-order valence-electron chi connectivity index (χ4n) is 7.82. The predicted molar refractivity (Wildman–Crippen MR) is 325 cm³/mol. The fraction of sp³-hybridized carbons (Fsp3) is 0.609. The number of allylic oxidation sites excluding steroid dienone is 24. The third-order valence-corrected chi connectivity index (χ3v) is 12.3. The Labute approximate surface area is 461 Å². The lowest BCUT2D eigenvalue weighted by Gasteiger charge is -2.18. The van der Waals surface area contributed by atoms with E-state index in [4.69, 9.17) is 14.2 Å². The second kappa shape index (κ2) is 61.8. The van der Waals surface area contributed by atoms with Gasteiger partial charge in [0.15, 0.2) is 6.10 Å². The number of hydrogen-bond donors (Lipinski definition) is 0. The average molecular weight is 1040 g/mol. The number of hydrogen-bond acceptors (Lipinski definition) is 6. The summed E-state index contributed by atoms with van der Waals surface area (Å²) in [4.78, 5) is 38.2. The van der Waals surface area contributed by atoms with E-state index in [0.717, 1.165) is 154 Å². The second-order valence-electron chi connectivity index (χ2n) is 19.5. The molecular weight excluding hydrogens is 925 g/mol. The molecule has 0 heterocycles. The van der Waals surface area contributed by atoms with Gasteiger partial charge in [-0.3, -0.25) is 14.4 Å². The largest absolute Gasteiger partial charge is 0.462 e. The lowest BCUT2D eigenvalue weighted by molar-refractivity contribution is -0.167. The minimum atomic E-state index is -0.815. The second-order valence-corrected chi connectivity index (χ2v) is 19.5. The summed E-state index contributed by atoms with van der Waals surface area (Å²) in [5.41, 5.74) is 0. The summed E-state index contributed by atoms with van der Waals surface area (Å²) in [6, 6.07) is 0. The zero-order valence-electron chi connectivity index (χ0n) is 48.3. The van der Waals surface area contributed by atoms with Gasteiger partial charge in [0.1, 0.15) is 13.2 Å². The van der Waals surface area contributed by atoms with E-state index in [1.165, 1.54) is 51.4 Å². The molecule has 0 radical (unpaired) electrons. The lowest BCUT2D eigenvalue weighted by Crippen LogP contribution is -2.30. The van der Waals surface area contributed by atoms with Crippen LogP contribution in [0, 0.1) is 0 Å². The molecule has 75 heavy (non-hydrogen) atoms. The molecule has 0 saturated carbocycles. The Morgan fingerprint density at radius 2 is 0.520 bits per heavy atom. The maximum atomic E-state index is 12.9. The minimum absolute atomic E-state index is 0.108. The van der Waals surface area contributed by atoms with Crippen molar-refractivity contribution in [3.8, 4) is 0 Å². The number of carbonyl (C=O) groups excluding carboxylic acids is 3. The molecule has 1 unspecified atom stereocenters. The Balaban J connectivity index is 4.48. The van der Waals surface area contributed by atoms with Crippen LogP contribution in [0.5, 0.6) is 0 Å². The van der Waals surface area contributed by atoms with Crippen molar-refractivity contribution in [3.63, 3.8) is 0 Å². The standard InChI is InChI=1S/C69H110O6/c1-4-7-10-13-16-19-22-25-28-29-30-31-32-33-34-35-36-37-38-39-42-44-47-50-53-56-59-62-68(71)74-65-66(75-69(72)63-60-57-54-51-48-45-41-27-24-21-18-15-12-9-6-3)64-73-67(70)61-58-55-52-49-46-43-40-26-23-20-17-14-11-8-5-2/h7,9-10,12,16,18-19,21,25-28,30-31,33-34,36-37,39-42,47,50,66H,4-6,8,11,13-15,17,20,22-24,29,32,35,38,43-46,48-49,51-65H2,1-3H3/b10-7-,12-9-,19-16-,21-18-,28-25-,31-30-,34-33-,37-36-,40-26-,41-27-,42-39-,50-47-. The summed E-state index contributed by atoms with van der Waals surface area (Å²) >= 11 is 0. The Kier molecular flexibility index (Phi) is 58.0. The van der Waals surface area contributed by atoms with Gasteiger partial charge in [-0.1, -0.05) is 237 Å². The van der Waals surface area contributed by atoms with E-state index in [-0.39, 0.29) is 31.1 Å². The molecule has 0 aromatic carbocycles. The summed E-state index contributed by atoms with van der Waals surface area (Å²) in [5.74, 6) is -0.983. The van der Waals surface area contributed by atoms with Gasteiger partial charge < -0.3 is 14.2 Å². The van der Waals surface area contributed by atoms with E-state index in [2.05, 4.69) is 167 Å². The summed E-state index contributed by atoms with van der Waals surface area (Å²) in [7, 11) is 0. The van der Waals surface area contributed by atoms with Crippen LogP contribution < -0.4 is 0 Å². The highest BCUT2D eigenvalue weighted by molar-refractivity contribution is 5.71. The van der Waals surface area contributed by atoms with Crippen molar-refractivity contribution >= 4 is 17.9 Å². The molecule has 1 atom stereocenters. The van der Waals surface area contributed by atoms with Gasteiger partial charge in [-0.2, -0.15) is 0 Å². The average Bonchev–Trinajstić information content (AvgIpc) is 3.41. The molecule has 0 spiro atoms. The first-order chi connectivity index (χ1) is 37.0. The Morgan fingerprint density at radius 3 is 0.853 bits per heavy atom. The van der Waals surface area contributed by atoms with Gasteiger partial charge in [-0.05, 0) is 141 Å². The molecule has 0 aromatic rings. The maximum absolute atomic E-state index is 12.9. The van der Waals surface area contributed by atoms with E-state index in [1.807, 2.05) is 0 Å². The van der Waals surface area contributed by atoms with Gasteiger partial charge in [-0.15, -0.1) is 0 Å². The molecule has 0 aliphatic rings. The van der Waals surface area contributed by atoms with E-state index in [0.29, 0.717) is 25.7 Å². The Morgan fingerprint density at radius 1 is 0.280 bits per heavy atom. The van der Waals surface area contributed by atoms with Gasteiger partial charge >= 0.3 is 17.9 Å². The van der Waals surface area contributed by atoms with Crippen molar-refractivity contribution in [2.24, 2.45) is 0 Å². The summed E-state index contributed by atoms with van der Waals surface area (Å²) < 4.78 is 16.8. The SMILES string of the molecule is CC/C=C\C/C=C\C/C=C\C/C=C\C/C=C\C/C=C\C/C=C\C/C=C\CCCCC(=O)OCC(COC(=O)CCCCCCC/C=C\CCCCCCCC)OC(=O)CCCCCCC/C=C\C/C=C\C/C=C\CC. The summed E-state index contributed by atoms with van der Waals surface area (Å²) in [6.07, 6.45) is 88.4. The van der Waals surface area contributed by atoms with Crippen LogP contribution in [0.1, 0.15) is 252 Å². The zero-order valence-corrected chi connectivity index (χ0v) is 48.3. The zero-order chi connectivity index (χ0) is 54.3. The maximum Gasteiger partial charge on any atom is 0.306 e. The lowest BCUT2D eigenvalue weighted by atomic mass is 10.1. The van der Waals surface area contributed by atoms with Crippen LogP contribution in [0.15, 0.2) is 146 Å². The highest BCUT2D eigenvalue weighted by Gasteiger charge is 2.19. The Bertz CT molecular complexity index is 1660. The monoisotopic (exact) mass is 1030 g/mol. The summed E-state index contributed by atoms with van der Waals surface area (Å²) in [6.45, 7) is 6.34. The molecule has 0 aromatic heterocycles. The first-order valence-electron chi connectivity index (χ1n) is 30.3. The molecule has 6 heteroatoms. The van der Waals surface area contributed by atoms with Crippen molar-refractivity contribution in [2.45, 2.75) is 258 Å². The molecule has 0 N–H and O–H groups in total. The van der Waals surface area contributed by atoms with Crippen LogP contribution in [0.3, 0.4) is 0 Å². The first-order valence-corrected chi connectivity index (χ1v) is 30.3. The van der Waals surface area contributed by atoms with Crippen LogP contribution >= 0.6 is 0 Å². The molecule has 422 valence electrons. The Hall–Kier alpha value is -4.71. The minimum Gasteiger partial charge on any atom is -0.462 e. The summed E-state index contributed by atoms with van der Waals surface area (Å²) in [5, 5.41) is 0. The van der Waals surface area contributed by atoms with Crippen LogP contribution in [0.4, 0.5) is 0 Å². The molecule has 0 saturated heterocycles. The fourth-order valence-corrected chi connectivity index (χ4v) is 7.82. The molecular formula is C69H110O6. The number of rotatable bonds is 53. The van der Waals surface area contributed by atoms with E-state index in [9.17, 15) is 14.4 Å². The molecule has 0 rings (SSSR count). The molecule has 6 nitrogen and oxygen atoms in total. The number of ether oxygens (including phenoxy) is 3. The number of esters is 3. The van der Waals surface area contributed by atoms with Gasteiger partial charge in [0.2, 0.25) is 0 Å². The predicted octanol–water partition coefficient (Wildman–Crippen LogP) is 20.8. The van der Waals surface area contributed by atoms with Crippen LogP contribution in [0.25, 0.3) is 0 Å². The molecule has 0 aliphatic carbocycles. The molecule has 0 aliphatic heterocycles. The van der Waals surface area contributed by atoms with E-state index < -0.39 is 6.10 Å². The highest BCUT2D eigenvalue weighted by atomic mass is 16.6.